The molecule has 0 spiro atoms. The topological polar surface area (TPSA) is 29.3 Å². The SMILES string of the molecule is NCCN1c2ccccc2C[C@H]2CCCC[C@@H]21. The first-order valence-electron chi connectivity index (χ1n) is 6.95. The largest absolute Gasteiger partial charge is 0.367 e. The average molecular weight is 230 g/mol. The lowest BCUT2D eigenvalue weighted by atomic mass is 9.76. The summed E-state index contributed by atoms with van der Waals surface area (Å²) in [6.07, 6.45) is 6.85. The van der Waals surface area contributed by atoms with Crippen LogP contribution in [0.1, 0.15) is 31.2 Å². The third kappa shape index (κ3) is 1.95. The fourth-order valence-corrected chi connectivity index (χ4v) is 3.69. The summed E-state index contributed by atoms with van der Waals surface area (Å²) in [6.45, 7) is 1.77. The van der Waals surface area contributed by atoms with E-state index in [1.165, 1.54) is 43.4 Å². The zero-order valence-corrected chi connectivity index (χ0v) is 10.4. The van der Waals surface area contributed by atoms with E-state index in [1.54, 1.807) is 0 Å². The fourth-order valence-electron chi connectivity index (χ4n) is 3.69. The molecule has 0 amide bonds. The lowest BCUT2D eigenvalue weighted by Gasteiger charge is -2.46. The van der Waals surface area contributed by atoms with Gasteiger partial charge in [0.15, 0.2) is 0 Å². The number of para-hydroxylation sites is 1. The Kier molecular flexibility index (Phi) is 3.06. The molecule has 1 aliphatic heterocycles. The van der Waals surface area contributed by atoms with Crippen LogP contribution >= 0.6 is 0 Å². The van der Waals surface area contributed by atoms with E-state index in [9.17, 15) is 0 Å². The summed E-state index contributed by atoms with van der Waals surface area (Å²) in [5.41, 5.74) is 8.77. The van der Waals surface area contributed by atoms with Crippen molar-refractivity contribution >= 4 is 5.69 Å². The molecular formula is C15H22N2. The molecule has 1 aliphatic carbocycles. The summed E-state index contributed by atoms with van der Waals surface area (Å²) in [5.74, 6) is 0.866. The highest BCUT2D eigenvalue weighted by Gasteiger charge is 2.34. The van der Waals surface area contributed by atoms with Crippen molar-refractivity contribution in [2.45, 2.75) is 38.1 Å². The zero-order valence-electron chi connectivity index (χ0n) is 10.4. The normalized spacial score (nSPS) is 27.5. The predicted molar refractivity (Wildman–Crippen MR) is 72.3 cm³/mol. The Morgan fingerprint density at radius 2 is 2.00 bits per heavy atom. The van der Waals surface area contributed by atoms with Crippen LogP contribution in [0.2, 0.25) is 0 Å². The van der Waals surface area contributed by atoms with Crippen molar-refractivity contribution in [2.24, 2.45) is 11.7 Å². The Bertz CT molecular complexity index is 388. The van der Waals surface area contributed by atoms with Gasteiger partial charge in [0.1, 0.15) is 0 Å². The standard InChI is InChI=1S/C15H22N2/c16-9-10-17-14-7-3-1-5-12(14)11-13-6-2-4-8-15(13)17/h1,3,5,7,13,15H,2,4,6,8-11,16H2/t13-,15+/m1/s1. The fraction of sp³-hybridized carbons (Fsp3) is 0.600. The third-order valence-electron chi connectivity index (χ3n) is 4.42. The number of benzene rings is 1. The minimum absolute atomic E-state index is 0.752. The Morgan fingerprint density at radius 3 is 2.88 bits per heavy atom. The van der Waals surface area contributed by atoms with Crippen LogP contribution < -0.4 is 10.6 Å². The highest BCUT2D eigenvalue weighted by Crippen LogP contribution is 2.40. The summed E-state index contributed by atoms with van der Waals surface area (Å²) >= 11 is 0. The predicted octanol–water partition coefficient (Wildman–Crippen LogP) is 2.57. The van der Waals surface area contributed by atoms with Gasteiger partial charge in [-0.05, 0) is 36.8 Å². The highest BCUT2D eigenvalue weighted by atomic mass is 15.2. The molecule has 1 aromatic carbocycles. The van der Waals surface area contributed by atoms with Crippen molar-refractivity contribution in [3.8, 4) is 0 Å². The number of rotatable bonds is 2. The molecule has 3 rings (SSSR count). The van der Waals surface area contributed by atoms with Gasteiger partial charge in [-0.15, -0.1) is 0 Å². The highest BCUT2D eigenvalue weighted by molar-refractivity contribution is 5.57. The van der Waals surface area contributed by atoms with Crippen LogP contribution in [0.15, 0.2) is 24.3 Å². The molecule has 1 heterocycles. The van der Waals surface area contributed by atoms with Crippen molar-refractivity contribution < 1.29 is 0 Å². The number of hydrogen-bond acceptors (Lipinski definition) is 2. The van der Waals surface area contributed by atoms with Crippen LogP contribution in [0.5, 0.6) is 0 Å². The number of nitrogens with zero attached hydrogens (tertiary/aromatic N) is 1. The first-order chi connectivity index (χ1) is 8.40. The van der Waals surface area contributed by atoms with Gasteiger partial charge in [-0.1, -0.05) is 31.0 Å². The first kappa shape index (κ1) is 11.1. The second kappa shape index (κ2) is 4.69. The monoisotopic (exact) mass is 230 g/mol. The van der Waals surface area contributed by atoms with Crippen molar-refractivity contribution in [2.75, 3.05) is 18.0 Å². The van der Waals surface area contributed by atoms with E-state index >= 15 is 0 Å². The molecule has 2 aliphatic rings. The van der Waals surface area contributed by atoms with Crippen molar-refractivity contribution in [1.82, 2.24) is 0 Å². The molecule has 0 unspecified atom stereocenters. The van der Waals surface area contributed by atoms with Crippen LogP contribution in [0, 0.1) is 5.92 Å². The molecule has 17 heavy (non-hydrogen) atoms. The van der Waals surface area contributed by atoms with Crippen molar-refractivity contribution in [3.05, 3.63) is 29.8 Å². The number of hydrogen-bond donors (Lipinski definition) is 1. The summed E-state index contributed by atoms with van der Waals surface area (Å²) in [6, 6.07) is 9.65. The van der Waals surface area contributed by atoms with E-state index in [1.807, 2.05) is 0 Å². The molecule has 1 aromatic rings. The molecule has 1 saturated carbocycles. The molecule has 2 heteroatoms. The molecule has 0 saturated heterocycles. The Hall–Kier alpha value is -1.02. The molecule has 0 bridgehead atoms. The van der Waals surface area contributed by atoms with Gasteiger partial charge in [0.05, 0.1) is 0 Å². The van der Waals surface area contributed by atoms with Crippen molar-refractivity contribution in [1.29, 1.82) is 0 Å². The summed E-state index contributed by atoms with van der Waals surface area (Å²) < 4.78 is 0. The van der Waals surface area contributed by atoms with E-state index in [-0.39, 0.29) is 0 Å². The molecule has 1 fully saturated rings. The van der Waals surface area contributed by atoms with E-state index in [2.05, 4.69) is 29.2 Å². The molecular weight excluding hydrogens is 208 g/mol. The Labute approximate surface area is 104 Å². The van der Waals surface area contributed by atoms with Gasteiger partial charge in [-0.25, -0.2) is 0 Å². The zero-order chi connectivity index (χ0) is 11.7. The van der Waals surface area contributed by atoms with Gasteiger partial charge in [-0.2, -0.15) is 0 Å². The lowest BCUT2D eigenvalue weighted by Crippen LogP contribution is -2.48. The van der Waals surface area contributed by atoms with E-state index in [4.69, 9.17) is 5.73 Å². The smallest absolute Gasteiger partial charge is 0.0401 e. The molecule has 2 atom stereocenters. The van der Waals surface area contributed by atoms with Crippen LogP contribution in [-0.4, -0.2) is 19.1 Å². The number of anilines is 1. The van der Waals surface area contributed by atoms with E-state index in [0.29, 0.717) is 0 Å². The maximum atomic E-state index is 5.80. The van der Waals surface area contributed by atoms with Gasteiger partial charge < -0.3 is 10.6 Å². The van der Waals surface area contributed by atoms with Gasteiger partial charge >= 0.3 is 0 Å². The van der Waals surface area contributed by atoms with E-state index in [0.717, 1.165) is 25.0 Å². The second-order valence-corrected chi connectivity index (χ2v) is 5.43. The van der Waals surface area contributed by atoms with Crippen LogP contribution in [0.4, 0.5) is 5.69 Å². The van der Waals surface area contributed by atoms with Gasteiger partial charge in [0.25, 0.3) is 0 Å². The molecule has 2 nitrogen and oxygen atoms in total. The maximum absolute atomic E-state index is 5.80. The Morgan fingerprint density at radius 1 is 1.18 bits per heavy atom. The van der Waals surface area contributed by atoms with Gasteiger partial charge in [0, 0.05) is 24.8 Å². The summed E-state index contributed by atoms with van der Waals surface area (Å²) in [5, 5.41) is 0. The lowest BCUT2D eigenvalue weighted by molar-refractivity contribution is 0.280. The Balaban J connectivity index is 1.96. The first-order valence-corrected chi connectivity index (χ1v) is 6.95. The number of nitrogens with two attached hydrogens (primary N) is 1. The van der Waals surface area contributed by atoms with E-state index < -0.39 is 0 Å². The minimum atomic E-state index is 0.752. The van der Waals surface area contributed by atoms with Crippen molar-refractivity contribution in [3.63, 3.8) is 0 Å². The third-order valence-corrected chi connectivity index (χ3v) is 4.42. The quantitative estimate of drug-likeness (QED) is 0.846. The number of fused-ring (bicyclic) bond motifs is 2. The average Bonchev–Trinajstić information content (AvgIpc) is 2.39. The molecule has 0 radical (unpaired) electrons. The molecule has 2 N–H and O–H groups in total. The van der Waals surface area contributed by atoms with Crippen LogP contribution in [0.25, 0.3) is 0 Å². The summed E-state index contributed by atoms with van der Waals surface area (Å²) in [7, 11) is 0. The maximum Gasteiger partial charge on any atom is 0.0401 e. The second-order valence-electron chi connectivity index (χ2n) is 5.43. The van der Waals surface area contributed by atoms with Crippen LogP contribution in [-0.2, 0) is 6.42 Å². The molecule has 0 aromatic heterocycles. The minimum Gasteiger partial charge on any atom is -0.367 e. The molecule has 92 valence electrons. The summed E-state index contributed by atoms with van der Waals surface area (Å²) in [4.78, 5) is 2.59. The van der Waals surface area contributed by atoms with Gasteiger partial charge in [0.2, 0.25) is 0 Å². The van der Waals surface area contributed by atoms with Gasteiger partial charge in [-0.3, -0.25) is 0 Å². The van der Waals surface area contributed by atoms with Crippen LogP contribution in [0.3, 0.4) is 0 Å².